The van der Waals surface area contributed by atoms with Gasteiger partial charge in [0.25, 0.3) is 0 Å². The highest BCUT2D eigenvalue weighted by molar-refractivity contribution is 5.95. The molecule has 0 spiro atoms. The van der Waals surface area contributed by atoms with Gasteiger partial charge in [0.1, 0.15) is 6.23 Å². The lowest BCUT2D eigenvalue weighted by atomic mass is 9.85. The molecule has 1 aliphatic rings. The summed E-state index contributed by atoms with van der Waals surface area (Å²) in [4.78, 5) is 24.2. The van der Waals surface area contributed by atoms with E-state index in [1.165, 1.54) is 17.1 Å². The lowest BCUT2D eigenvalue weighted by Gasteiger charge is -2.26. The predicted octanol–water partition coefficient (Wildman–Crippen LogP) is 0.709. The maximum atomic E-state index is 11.8. The number of amides is 1. The molecule has 0 saturated carbocycles. The van der Waals surface area contributed by atoms with Gasteiger partial charge >= 0.3 is 0 Å². The van der Waals surface area contributed by atoms with Crippen LogP contribution in [0.25, 0.3) is 0 Å². The molecule has 0 aromatic rings. The first-order valence-electron chi connectivity index (χ1n) is 5.08. The van der Waals surface area contributed by atoms with Crippen molar-refractivity contribution < 1.29 is 14.7 Å². The second-order valence-corrected chi connectivity index (χ2v) is 4.40. The van der Waals surface area contributed by atoms with Gasteiger partial charge in [-0.25, -0.2) is 0 Å². The van der Waals surface area contributed by atoms with Crippen molar-refractivity contribution in [2.45, 2.75) is 33.4 Å². The molecular weight excluding hydrogens is 194 g/mol. The fourth-order valence-electron chi connectivity index (χ4n) is 1.24. The molecule has 1 atom stereocenters. The summed E-state index contributed by atoms with van der Waals surface area (Å²) >= 11 is 0. The zero-order chi connectivity index (χ0) is 11.6. The largest absolute Gasteiger partial charge is 0.370 e. The van der Waals surface area contributed by atoms with Crippen LogP contribution in [0.15, 0.2) is 12.2 Å². The van der Waals surface area contributed by atoms with Crippen molar-refractivity contribution in [3.05, 3.63) is 12.2 Å². The lowest BCUT2D eigenvalue weighted by molar-refractivity contribution is -0.139. The lowest BCUT2D eigenvalue weighted by Crippen LogP contribution is -2.42. The average Bonchev–Trinajstić information content (AvgIpc) is 2.49. The highest BCUT2D eigenvalue weighted by Gasteiger charge is 2.31. The Hall–Kier alpha value is -1.16. The molecular formula is C11H17NO3. The summed E-state index contributed by atoms with van der Waals surface area (Å²) in [5.41, 5.74) is -0.442. The van der Waals surface area contributed by atoms with Gasteiger partial charge in [-0.15, -0.1) is 0 Å². The number of rotatable bonds is 4. The second-order valence-electron chi connectivity index (χ2n) is 4.40. The van der Waals surface area contributed by atoms with Crippen LogP contribution < -0.4 is 0 Å². The second kappa shape index (κ2) is 4.14. The molecule has 4 nitrogen and oxygen atoms in total. The van der Waals surface area contributed by atoms with Crippen LogP contribution in [0.1, 0.15) is 27.2 Å². The SMILES string of the molecule is CCC(C)(C)C(=O)CN1C(=O)C=CC1O. The Labute approximate surface area is 89.6 Å². The maximum Gasteiger partial charge on any atom is 0.249 e. The van der Waals surface area contributed by atoms with E-state index in [4.69, 9.17) is 0 Å². The molecule has 15 heavy (non-hydrogen) atoms. The summed E-state index contributed by atoms with van der Waals surface area (Å²) < 4.78 is 0. The Balaban J connectivity index is 2.64. The zero-order valence-corrected chi connectivity index (χ0v) is 9.36. The van der Waals surface area contributed by atoms with Gasteiger partial charge < -0.3 is 10.0 Å². The summed E-state index contributed by atoms with van der Waals surface area (Å²) in [6, 6.07) is 0. The minimum absolute atomic E-state index is 0.0200. The Morgan fingerprint density at radius 1 is 1.60 bits per heavy atom. The van der Waals surface area contributed by atoms with E-state index in [1.54, 1.807) is 0 Å². The van der Waals surface area contributed by atoms with Crippen LogP contribution in [-0.4, -0.2) is 34.5 Å². The molecule has 1 heterocycles. The van der Waals surface area contributed by atoms with E-state index in [-0.39, 0.29) is 18.2 Å². The van der Waals surface area contributed by atoms with Gasteiger partial charge in [0.15, 0.2) is 5.78 Å². The summed E-state index contributed by atoms with van der Waals surface area (Å²) in [5.74, 6) is -0.330. The van der Waals surface area contributed by atoms with Crippen LogP contribution in [0.2, 0.25) is 0 Å². The van der Waals surface area contributed by atoms with Gasteiger partial charge in [-0.3, -0.25) is 9.59 Å². The molecule has 0 bridgehead atoms. The van der Waals surface area contributed by atoms with E-state index >= 15 is 0 Å². The van der Waals surface area contributed by atoms with Crippen molar-refractivity contribution in [2.24, 2.45) is 5.41 Å². The van der Waals surface area contributed by atoms with E-state index < -0.39 is 11.6 Å². The first-order valence-corrected chi connectivity index (χ1v) is 5.08. The molecule has 0 aliphatic carbocycles. The highest BCUT2D eigenvalue weighted by Crippen LogP contribution is 2.22. The first kappa shape index (κ1) is 11.9. The topological polar surface area (TPSA) is 57.6 Å². The van der Waals surface area contributed by atoms with Crippen molar-refractivity contribution in [1.29, 1.82) is 0 Å². The fraction of sp³-hybridized carbons (Fsp3) is 0.636. The number of Topliss-reactive ketones (excluding diaryl/α,β-unsaturated/α-hetero) is 1. The van der Waals surface area contributed by atoms with Gasteiger partial charge in [0, 0.05) is 11.5 Å². The standard InChI is InChI=1S/C11H17NO3/c1-4-11(2,3)8(13)7-12-9(14)5-6-10(12)15/h5-6,9,14H,4,7H2,1-3H3. The number of aliphatic hydroxyl groups is 1. The van der Waals surface area contributed by atoms with E-state index in [0.717, 1.165) is 6.42 Å². The molecule has 1 N–H and O–H groups in total. The molecule has 1 rings (SSSR count). The molecule has 0 fully saturated rings. The van der Waals surface area contributed by atoms with E-state index in [2.05, 4.69) is 0 Å². The van der Waals surface area contributed by atoms with Crippen LogP contribution in [0.4, 0.5) is 0 Å². The number of carbonyl (C=O) groups excluding carboxylic acids is 2. The molecule has 4 heteroatoms. The number of ketones is 1. The number of hydrogen-bond donors (Lipinski definition) is 1. The molecule has 1 aliphatic heterocycles. The van der Waals surface area contributed by atoms with Gasteiger partial charge in [-0.05, 0) is 12.5 Å². The van der Waals surface area contributed by atoms with Crippen LogP contribution in [0, 0.1) is 5.41 Å². The van der Waals surface area contributed by atoms with Crippen molar-refractivity contribution >= 4 is 11.7 Å². The van der Waals surface area contributed by atoms with Crippen molar-refractivity contribution in [3.8, 4) is 0 Å². The third-order valence-electron chi connectivity index (χ3n) is 2.97. The summed E-state index contributed by atoms with van der Waals surface area (Å²) in [6.07, 6.45) is 2.44. The van der Waals surface area contributed by atoms with Gasteiger partial charge in [0.05, 0.1) is 6.54 Å². The Bertz CT molecular complexity index is 307. The Kier molecular flexibility index (Phi) is 3.29. The zero-order valence-electron chi connectivity index (χ0n) is 9.36. The minimum Gasteiger partial charge on any atom is -0.370 e. The van der Waals surface area contributed by atoms with E-state index in [1.807, 2.05) is 20.8 Å². The summed E-state index contributed by atoms with van der Waals surface area (Å²) in [5, 5.41) is 9.41. The van der Waals surface area contributed by atoms with Crippen molar-refractivity contribution in [2.75, 3.05) is 6.54 Å². The average molecular weight is 211 g/mol. The molecule has 0 saturated heterocycles. The number of hydrogen-bond acceptors (Lipinski definition) is 3. The van der Waals surface area contributed by atoms with Crippen molar-refractivity contribution in [3.63, 3.8) is 0 Å². The molecule has 0 aromatic carbocycles. The third-order valence-corrected chi connectivity index (χ3v) is 2.97. The Morgan fingerprint density at radius 2 is 2.20 bits per heavy atom. The monoisotopic (exact) mass is 211 g/mol. The smallest absolute Gasteiger partial charge is 0.249 e. The molecule has 1 amide bonds. The van der Waals surface area contributed by atoms with E-state index in [9.17, 15) is 14.7 Å². The molecule has 1 unspecified atom stereocenters. The predicted molar refractivity (Wildman–Crippen MR) is 55.9 cm³/mol. The van der Waals surface area contributed by atoms with Crippen LogP contribution >= 0.6 is 0 Å². The van der Waals surface area contributed by atoms with Crippen molar-refractivity contribution in [1.82, 2.24) is 4.90 Å². The highest BCUT2D eigenvalue weighted by atomic mass is 16.3. The molecule has 84 valence electrons. The number of nitrogens with zero attached hydrogens (tertiary/aromatic N) is 1. The fourth-order valence-corrected chi connectivity index (χ4v) is 1.24. The molecule has 0 radical (unpaired) electrons. The molecule has 0 aromatic heterocycles. The van der Waals surface area contributed by atoms with Crippen LogP contribution in [0.3, 0.4) is 0 Å². The van der Waals surface area contributed by atoms with Gasteiger partial charge in [-0.2, -0.15) is 0 Å². The van der Waals surface area contributed by atoms with Gasteiger partial charge in [-0.1, -0.05) is 20.8 Å². The number of aliphatic hydroxyl groups excluding tert-OH is 1. The summed E-state index contributed by atoms with van der Waals surface area (Å²) in [6.45, 7) is 5.59. The Morgan fingerprint density at radius 3 is 2.60 bits per heavy atom. The first-order chi connectivity index (χ1) is 6.88. The quantitative estimate of drug-likeness (QED) is 0.745. The van der Waals surface area contributed by atoms with E-state index in [0.29, 0.717) is 0 Å². The van der Waals surface area contributed by atoms with Crippen LogP contribution in [-0.2, 0) is 9.59 Å². The van der Waals surface area contributed by atoms with Crippen LogP contribution in [0.5, 0.6) is 0 Å². The third kappa shape index (κ3) is 2.45. The normalized spacial score (nSPS) is 21.2. The summed E-state index contributed by atoms with van der Waals surface area (Å²) in [7, 11) is 0. The van der Waals surface area contributed by atoms with Gasteiger partial charge in [0.2, 0.25) is 5.91 Å². The maximum absolute atomic E-state index is 11.8. The minimum atomic E-state index is -0.950. The number of carbonyl (C=O) groups is 2.